The monoisotopic (exact) mass is 293 g/mol. The Balaban J connectivity index is 2.12. The summed E-state index contributed by atoms with van der Waals surface area (Å²) < 4.78 is 1.66. The minimum Gasteiger partial charge on any atom is -0.388 e. The van der Waals surface area contributed by atoms with E-state index in [9.17, 15) is 9.90 Å². The highest BCUT2D eigenvalue weighted by atomic mass is 16.3. The van der Waals surface area contributed by atoms with Gasteiger partial charge in [-0.3, -0.25) is 4.79 Å². The van der Waals surface area contributed by atoms with Crippen molar-refractivity contribution >= 4 is 5.82 Å². The number of rotatable bonds is 3. The molecule has 5 nitrogen and oxygen atoms in total. The molecule has 0 radical (unpaired) electrons. The molecule has 0 aromatic carbocycles. The van der Waals surface area contributed by atoms with Gasteiger partial charge in [-0.15, -0.1) is 0 Å². The molecule has 1 saturated carbocycles. The highest BCUT2D eigenvalue weighted by molar-refractivity contribution is 5.32. The normalized spacial score (nSPS) is 26.6. The maximum Gasteiger partial charge on any atom is 0.293 e. The molecule has 2 N–H and O–H groups in total. The second kappa shape index (κ2) is 5.79. The van der Waals surface area contributed by atoms with E-state index in [1.54, 1.807) is 17.0 Å². The first-order valence-corrected chi connectivity index (χ1v) is 7.76. The van der Waals surface area contributed by atoms with Gasteiger partial charge in [0.05, 0.1) is 5.60 Å². The summed E-state index contributed by atoms with van der Waals surface area (Å²) in [7, 11) is 0. The van der Waals surface area contributed by atoms with Crippen LogP contribution < -0.4 is 10.9 Å². The maximum atomic E-state index is 12.4. The summed E-state index contributed by atoms with van der Waals surface area (Å²) in [6, 6.07) is 0. The first kappa shape index (κ1) is 16.0. The third-order valence-electron chi connectivity index (χ3n) is 4.22. The Morgan fingerprint density at radius 2 is 2.24 bits per heavy atom. The van der Waals surface area contributed by atoms with Crippen LogP contribution in [0.5, 0.6) is 0 Å². The Bertz CT molecular complexity index is 547. The molecule has 2 rings (SSSR count). The van der Waals surface area contributed by atoms with Gasteiger partial charge >= 0.3 is 0 Å². The molecule has 2 atom stereocenters. The molecule has 0 amide bonds. The number of aliphatic hydroxyl groups is 1. The molecule has 5 heteroatoms. The number of hydrogen-bond donors (Lipinski definition) is 2. The molecular weight excluding hydrogens is 266 g/mol. The van der Waals surface area contributed by atoms with Gasteiger partial charge in [-0.05, 0) is 39.5 Å². The van der Waals surface area contributed by atoms with Crippen molar-refractivity contribution in [2.24, 2.45) is 5.92 Å². The van der Waals surface area contributed by atoms with Crippen molar-refractivity contribution < 1.29 is 5.11 Å². The van der Waals surface area contributed by atoms with Crippen LogP contribution in [-0.2, 0) is 5.54 Å². The summed E-state index contributed by atoms with van der Waals surface area (Å²) in [5, 5.41) is 13.7. The molecule has 0 saturated heterocycles. The van der Waals surface area contributed by atoms with Crippen LogP contribution in [0.3, 0.4) is 0 Å². The second-order valence-electron chi connectivity index (χ2n) is 7.40. The highest BCUT2D eigenvalue weighted by Gasteiger charge is 2.32. The van der Waals surface area contributed by atoms with Crippen LogP contribution in [0, 0.1) is 5.92 Å². The molecule has 21 heavy (non-hydrogen) atoms. The average molecular weight is 293 g/mol. The lowest BCUT2D eigenvalue weighted by molar-refractivity contribution is -0.000855. The Morgan fingerprint density at radius 1 is 1.52 bits per heavy atom. The zero-order valence-electron chi connectivity index (χ0n) is 13.5. The summed E-state index contributed by atoms with van der Waals surface area (Å²) in [5.74, 6) is 0.847. The van der Waals surface area contributed by atoms with Crippen molar-refractivity contribution in [3.05, 3.63) is 22.7 Å². The van der Waals surface area contributed by atoms with Crippen LogP contribution in [0.4, 0.5) is 5.82 Å². The zero-order chi connectivity index (χ0) is 15.7. The topological polar surface area (TPSA) is 67.2 Å². The number of hydrogen-bond acceptors (Lipinski definition) is 4. The molecule has 1 heterocycles. The Kier molecular flexibility index (Phi) is 4.42. The minimum atomic E-state index is -0.728. The smallest absolute Gasteiger partial charge is 0.293 e. The van der Waals surface area contributed by atoms with Crippen LogP contribution in [0.15, 0.2) is 17.2 Å². The predicted molar refractivity (Wildman–Crippen MR) is 84.6 cm³/mol. The molecule has 0 aliphatic heterocycles. The molecule has 1 aliphatic carbocycles. The lowest BCUT2D eigenvalue weighted by atomic mass is 9.79. The Morgan fingerprint density at radius 3 is 2.86 bits per heavy atom. The number of nitrogens with one attached hydrogen (secondary N) is 1. The van der Waals surface area contributed by atoms with Gasteiger partial charge in [-0.2, -0.15) is 0 Å². The van der Waals surface area contributed by atoms with E-state index in [0.29, 0.717) is 18.3 Å². The van der Waals surface area contributed by atoms with Gasteiger partial charge in [0.25, 0.3) is 5.56 Å². The summed E-state index contributed by atoms with van der Waals surface area (Å²) in [5.41, 5.74) is -1.15. The lowest BCUT2D eigenvalue weighted by Gasteiger charge is -2.35. The summed E-state index contributed by atoms with van der Waals surface area (Å²) in [4.78, 5) is 16.5. The summed E-state index contributed by atoms with van der Waals surface area (Å²) in [6.45, 7) is 8.49. The molecule has 1 aromatic rings. The van der Waals surface area contributed by atoms with Crippen molar-refractivity contribution in [2.45, 2.75) is 64.5 Å². The lowest BCUT2D eigenvalue weighted by Crippen LogP contribution is -2.43. The minimum absolute atomic E-state index is 0.141. The highest BCUT2D eigenvalue weighted by Crippen LogP contribution is 2.32. The number of aromatic nitrogens is 2. The molecule has 0 spiro atoms. The van der Waals surface area contributed by atoms with Gasteiger partial charge in [0, 0.05) is 24.5 Å². The second-order valence-corrected chi connectivity index (χ2v) is 7.40. The first-order valence-electron chi connectivity index (χ1n) is 7.76. The van der Waals surface area contributed by atoms with Gasteiger partial charge in [0.2, 0.25) is 0 Å². The third kappa shape index (κ3) is 3.84. The van der Waals surface area contributed by atoms with Crippen LogP contribution in [-0.4, -0.2) is 26.8 Å². The van der Waals surface area contributed by atoms with Crippen molar-refractivity contribution in [1.82, 2.24) is 9.55 Å². The van der Waals surface area contributed by atoms with Crippen LogP contribution >= 0.6 is 0 Å². The first-order chi connectivity index (χ1) is 9.71. The molecule has 1 aromatic heterocycles. The van der Waals surface area contributed by atoms with Gasteiger partial charge in [-0.25, -0.2) is 4.98 Å². The fraction of sp³-hybridized carbons (Fsp3) is 0.750. The predicted octanol–water partition coefficient (Wildman–Crippen LogP) is 2.35. The number of anilines is 1. The van der Waals surface area contributed by atoms with Gasteiger partial charge in [-0.1, -0.05) is 19.8 Å². The van der Waals surface area contributed by atoms with E-state index in [1.165, 1.54) is 6.42 Å². The quantitative estimate of drug-likeness (QED) is 0.897. The summed E-state index contributed by atoms with van der Waals surface area (Å²) in [6.07, 6.45) is 7.09. The molecule has 1 aliphatic rings. The van der Waals surface area contributed by atoms with E-state index in [0.717, 1.165) is 19.3 Å². The van der Waals surface area contributed by atoms with Crippen molar-refractivity contribution in [2.75, 3.05) is 11.9 Å². The van der Waals surface area contributed by atoms with Gasteiger partial charge in [0.15, 0.2) is 5.82 Å². The van der Waals surface area contributed by atoms with Gasteiger partial charge in [0.1, 0.15) is 0 Å². The van der Waals surface area contributed by atoms with Crippen molar-refractivity contribution in [3.63, 3.8) is 0 Å². The van der Waals surface area contributed by atoms with E-state index in [-0.39, 0.29) is 11.1 Å². The van der Waals surface area contributed by atoms with Crippen LogP contribution in [0.25, 0.3) is 0 Å². The fourth-order valence-corrected chi connectivity index (χ4v) is 3.10. The maximum absolute atomic E-state index is 12.4. The molecule has 0 bridgehead atoms. The Hall–Kier alpha value is -1.36. The van der Waals surface area contributed by atoms with E-state index >= 15 is 0 Å². The van der Waals surface area contributed by atoms with Gasteiger partial charge < -0.3 is 15.0 Å². The van der Waals surface area contributed by atoms with E-state index in [2.05, 4.69) is 17.2 Å². The third-order valence-corrected chi connectivity index (χ3v) is 4.22. The summed E-state index contributed by atoms with van der Waals surface area (Å²) >= 11 is 0. The van der Waals surface area contributed by atoms with E-state index in [1.807, 2.05) is 20.8 Å². The largest absolute Gasteiger partial charge is 0.388 e. The SMILES string of the molecule is CC1CCCC(O)(CNc2nccn(C(C)(C)C)c2=O)C1. The van der Waals surface area contributed by atoms with E-state index < -0.39 is 5.60 Å². The zero-order valence-corrected chi connectivity index (χ0v) is 13.5. The Labute approximate surface area is 126 Å². The molecule has 118 valence electrons. The standard InChI is InChI=1S/C16H27N3O2/c1-12-6-5-7-16(21,10-12)11-18-13-14(20)19(9-8-17-13)15(2,3)4/h8-9,12,21H,5-7,10-11H2,1-4H3,(H,17,18). The van der Waals surface area contributed by atoms with Crippen LogP contribution in [0.2, 0.25) is 0 Å². The molecular formula is C16H27N3O2. The average Bonchev–Trinajstić information content (AvgIpc) is 2.36. The molecule has 2 unspecified atom stereocenters. The number of nitrogens with zero attached hydrogens (tertiary/aromatic N) is 2. The van der Waals surface area contributed by atoms with Crippen LogP contribution in [0.1, 0.15) is 53.4 Å². The fourth-order valence-electron chi connectivity index (χ4n) is 3.10. The van der Waals surface area contributed by atoms with Crippen molar-refractivity contribution in [3.8, 4) is 0 Å². The van der Waals surface area contributed by atoms with E-state index in [4.69, 9.17) is 0 Å². The molecule has 1 fully saturated rings. The van der Waals surface area contributed by atoms with Crippen molar-refractivity contribution in [1.29, 1.82) is 0 Å².